The van der Waals surface area contributed by atoms with Gasteiger partial charge in [-0.1, -0.05) is 6.07 Å². The lowest BCUT2D eigenvalue weighted by Crippen LogP contribution is -2.28. The highest BCUT2D eigenvalue weighted by Crippen LogP contribution is 2.29. The smallest absolute Gasteiger partial charge is 0.165 e. The van der Waals surface area contributed by atoms with Crippen LogP contribution in [0, 0.1) is 12.7 Å². The molecule has 0 radical (unpaired) electrons. The van der Waals surface area contributed by atoms with E-state index in [-0.39, 0.29) is 17.6 Å². The minimum absolute atomic E-state index is 0.205. The molecule has 1 heterocycles. The van der Waals surface area contributed by atoms with E-state index in [0.29, 0.717) is 0 Å². The summed E-state index contributed by atoms with van der Waals surface area (Å²) in [6.07, 6.45) is 0. The van der Waals surface area contributed by atoms with E-state index in [1.54, 1.807) is 17.4 Å². The molecule has 3 N–H and O–H groups in total. The molecular weight excluding hydrogens is 251 g/mol. The Morgan fingerprint density at radius 1 is 1.33 bits per heavy atom. The number of hydrazine groups is 1. The highest BCUT2D eigenvalue weighted by Gasteiger charge is 2.16. The minimum Gasteiger partial charge on any atom is -0.494 e. The summed E-state index contributed by atoms with van der Waals surface area (Å²) >= 11 is 1.63. The van der Waals surface area contributed by atoms with Gasteiger partial charge in [0.05, 0.1) is 13.2 Å². The second kappa shape index (κ2) is 5.48. The van der Waals surface area contributed by atoms with Crippen LogP contribution in [0.15, 0.2) is 30.3 Å². The quantitative estimate of drug-likeness (QED) is 0.661. The SMILES string of the molecule is COc1ccc(C(NN)c2ccc(C)s2)cc1F. The van der Waals surface area contributed by atoms with Gasteiger partial charge in [-0.2, -0.15) is 0 Å². The van der Waals surface area contributed by atoms with Crippen molar-refractivity contribution in [3.05, 3.63) is 51.5 Å². The number of hydrogen-bond donors (Lipinski definition) is 2. The van der Waals surface area contributed by atoms with Gasteiger partial charge in [0.2, 0.25) is 0 Å². The first-order chi connectivity index (χ1) is 8.65. The van der Waals surface area contributed by atoms with Crippen molar-refractivity contribution in [2.45, 2.75) is 13.0 Å². The molecule has 0 spiro atoms. The molecule has 1 atom stereocenters. The van der Waals surface area contributed by atoms with Gasteiger partial charge < -0.3 is 4.74 Å². The Labute approximate surface area is 109 Å². The summed E-state index contributed by atoms with van der Waals surface area (Å²) in [6, 6.07) is 8.66. The number of ether oxygens (including phenoxy) is 1. The zero-order valence-electron chi connectivity index (χ0n) is 10.2. The van der Waals surface area contributed by atoms with Crippen LogP contribution in [0.4, 0.5) is 4.39 Å². The molecule has 0 saturated carbocycles. The molecule has 1 aromatic heterocycles. The van der Waals surface area contributed by atoms with Gasteiger partial charge in [0.25, 0.3) is 0 Å². The molecule has 2 aromatic rings. The lowest BCUT2D eigenvalue weighted by Gasteiger charge is -2.15. The van der Waals surface area contributed by atoms with Gasteiger partial charge in [-0.25, -0.2) is 9.82 Å². The maximum atomic E-state index is 13.7. The third kappa shape index (κ3) is 2.53. The van der Waals surface area contributed by atoms with Crippen LogP contribution >= 0.6 is 11.3 Å². The fourth-order valence-electron chi connectivity index (χ4n) is 1.81. The van der Waals surface area contributed by atoms with Gasteiger partial charge in [0.15, 0.2) is 11.6 Å². The van der Waals surface area contributed by atoms with Gasteiger partial charge in [0.1, 0.15) is 0 Å². The summed E-state index contributed by atoms with van der Waals surface area (Å²) in [5, 5.41) is 0. The number of nitrogens with one attached hydrogen (secondary N) is 1. The Morgan fingerprint density at radius 3 is 2.61 bits per heavy atom. The van der Waals surface area contributed by atoms with Gasteiger partial charge in [0, 0.05) is 9.75 Å². The molecule has 3 nitrogen and oxygen atoms in total. The molecular formula is C13H15FN2OS. The average Bonchev–Trinajstić information content (AvgIpc) is 2.77. The fourth-order valence-corrected chi connectivity index (χ4v) is 2.78. The van der Waals surface area contributed by atoms with E-state index in [1.165, 1.54) is 18.1 Å². The van der Waals surface area contributed by atoms with Crippen LogP contribution in [0.2, 0.25) is 0 Å². The van der Waals surface area contributed by atoms with Crippen LogP contribution in [-0.4, -0.2) is 7.11 Å². The Morgan fingerprint density at radius 2 is 2.11 bits per heavy atom. The third-order valence-electron chi connectivity index (χ3n) is 2.72. The zero-order chi connectivity index (χ0) is 13.1. The fraction of sp³-hybridized carbons (Fsp3) is 0.231. The van der Waals surface area contributed by atoms with Crippen LogP contribution in [0.1, 0.15) is 21.4 Å². The largest absolute Gasteiger partial charge is 0.494 e. The van der Waals surface area contributed by atoms with Crippen LogP contribution in [0.25, 0.3) is 0 Å². The van der Waals surface area contributed by atoms with Gasteiger partial charge in [-0.3, -0.25) is 5.84 Å². The molecule has 5 heteroatoms. The van der Waals surface area contributed by atoms with Gasteiger partial charge in [-0.15, -0.1) is 11.3 Å². The molecule has 0 fully saturated rings. The van der Waals surface area contributed by atoms with Crippen molar-refractivity contribution in [3.8, 4) is 5.75 Å². The molecule has 0 amide bonds. The number of aryl methyl sites for hydroxylation is 1. The van der Waals surface area contributed by atoms with E-state index in [1.807, 2.05) is 25.1 Å². The number of hydrogen-bond acceptors (Lipinski definition) is 4. The summed E-state index contributed by atoms with van der Waals surface area (Å²) in [6.45, 7) is 2.02. The summed E-state index contributed by atoms with van der Waals surface area (Å²) in [7, 11) is 1.44. The molecule has 96 valence electrons. The second-order valence-corrected chi connectivity index (χ2v) is 5.26. The van der Waals surface area contributed by atoms with E-state index in [4.69, 9.17) is 10.6 Å². The molecule has 1 unspecified atom stereocenters. The van der Waals surface area contributed by atoms with E-state index < -0.39 is 0 Å². The summed E-state index contributed by atoms with van der Waals surface area (Å²) in [5.74, 6) is 5.42. The Kier molecular flexibility index (Phi) is 3.96. The number of halogens is 1. The van der Waals surface area contributed by atoms with Crippen molar-refractivity contribution in [2.24, 2.45) is 5.84 Å². The van der Waals surface area contributed by atoms with Crippen LogP contribution in [-0.2, 0) is 0 Å². The third-order valence-corrected chi connectivity index (χ3v) is 3.79. The van der Waals surface area contributed by atoms with Crippen molar-refractivity contribution in [1.29, 1.82) is 0 Å². The maximum Gasteiger partial charge on any atom is 0.165 e. The van der Waals surface area contributed by atoms with E-state index in [9.17, 15) is 4.39 Å². The van der Waals surface area contributed by atoms with Crippen molar-refractivity contribution in [2.75, 3.05) is 7.11 Å². The van der Waals surface area contributed by atoms with Crippen molar-refractivity contribution in [1.82, 2.24) is 5.43 Å². The Bertz CT molecular complexity index is 542. The zero-order valence-corrected chi connectivity index (χ0v) is 11.1. The summed E-state index contributed by atoms with van der Waals surface area (Å²) in [4.78, 5) is 2.25. The highest BCUT2D eigenvalue weighted by molar-refractivity contribution is 7.12. The second-order valence-electron chi connectivity index (χ2n) is 3.94. The highest BCUT2D eigenvalue weighted by atomic mass is 32.1. The van der Waals surface area contributed by atoms with E-state index >= 15 is 0 Å². The van der Waals surface area contributed by atoms with Crippen LogP contribution in [0.5, 0.6) is 5.75 Å². The Balaban J connectivity index is 2.36. The van der Waals surface area contributed by atoms with Gasteiger partial charge >= 0.3 is 0 Å². The molecule has 0 saturated heterocycles. The van der Waals surface area contributed by atoms with Crippen LogP contribution < -0.4 is 16.0 Å². The lowest BCUT2D eigenvalue weighted by molar-refractivity contribution is 0.386. The standard InChI is InChI=1S/C13H15FN2OS/c1-8-3-6-12(18-8)13(16-15)9-4-5-11(17-2)10(14)7-9/h3-7,13,16H,15H2,1-2H3. The van der Waals surface area contributed by atoms with Gasteiger partial charge in [-0.05, 0) is 36.8 Å². The van der Waals surface area contributed by atoms with E-state index in [2.05, 4.69) is 5.43 Å². The average molecular weight is 266 g/mol. The molecule has 0 bridgehead atoms. The summed E-state index contributed by atoms with van der Waals surface area (Å²) in [5.41, 5.74) is 3.49. The molecule has 2 rings (SSSR count). The topological polar surface area (TPSA) is 47.3 Å². The van der Waals surface area contributed by atoms with Crippen molar-refractivity contribution < 1.29 is 9.13 Å². The maximum absolute atomic E-state index is 13.7. The number of benzene rings is 1. The summed E-state index contributed by atoms with van der Waals surface area (Å²) < 4.78 is 18.6. The minimum atomic E-state index is -0.386. The number of nitrogens with two attached hydrogens (primary N) is 1. The first-order valence-corrected chi connectivity index (χ1v) is 6.33. The first-order valence-electron chi connectivity index (χ1n) is 5.51. The predicted molar refractivity (Wildman–Crippen MR) is 71.2 cm³/mol. The monoisotopic (exact) mass is 266 g/mol. The molecule has 0 aliphatic carbocycles. The lowest BCUT2D eigenvalue weighted by atomic mass is 10.1. The van der Waals surface area contributed by atoms with Crippen molar-refractivity contribution >= 4 is 11.3 Å². The Hall–Kier alpha value is -1.43. The molecule has 0 aliphatic rings. The van der Waals surface area contributed by atoms with E-state index in [0.717, 1.165) is 10.4 Å². The molecule has 0 aliphatic heterocycles. The number of thiophene rings is 1. The van der Waals surface area contributed by atoms with Crippen LogP contribution in [0.3, 0.4) is 0 Å². The van der Waals surface area contributed by atoms with Crippen molar-refractivity contribution in [3.63, 3.8) is 0 Å². The number of rotatable bonds is 4. The molecule has 18 heavy (non-hydrogen) atoms. The molecule has 1 aromatic carbocycles. The normalized spacial score (nSPS) is 12.4. The first kappa shape index (κ1) is 13.0. The number of methoxy groups -OCH3 is 1. The predicted octanol–water partition coefficient (Wildman–Crippen LogP) is 2.76.